The van der Waals surface area contributed by atoms with Crippen LogP contribution in [0.1, 0.15) is 11.1 Å². The third-order valence-corrected chi connectivity index (χ3v) is 5.03. The van der Waals surface area contributed by atoms with Crippen LogP contribution in [-0.4, -0.2) is 26.2 Å². The fraction of sp³-hybridized carbons (Fsp3) is 0.200. The van der Waals surface area contributed by atoms with Crippen molar-refractivity contribution in [1.82, 2.24) is 19.6 Å². The summed E-state index contributed by atoms with van der Waals surface area (Å²) in [6.45, 7) is 0.889. The lowest BCUT2D eigenvalue weighted by Crippen LogP contribution is -2.30. The van der Waals surface area contributed by atoms with E-state index in [-0.39, 0.29) is 5.82 Å². The Bertz CT molecular complexity index is 1190. The number of fused-ring (bicyclic) bond motifs is 2. The van der Waals surface area contributed by atoms with Crippen LogP contribution in [0.25, 0.3) is 16.9 Å². The summed E-state index contributed by atoms with van der Waals surface area (Å²) in [6, 6.07) is 9.06. The number of benzene rings is 1. The molecule has 28 heavy (non-hydrogen) atoms. The minimum Gasteiger partial charge on any atom is -0.493 e. The van der Waals surface area contributed by atoms with Crippen molar-refractivity contribution in [2.24, 2.45) is 7.05 Å². The summed E-state index contributed by atoms with van der Waals surface area (Å²) in [6.07, 6.45) is 6.04. The van der Waals surface area contributed by atoms with E-state index in [1.54, 1.807) is 23.0 Å². The Balaban J connectivity index is 1.51. The number of aromatic nitrogens is 5. The number of nitrogens with zero attached hydrogens (tertiary/aromatic N) is 5. The van der Waals surface area contributed by atoms with Gasteiger partial charge in [0.25, 0.3) is 0 Å². The predicted octanol–water partition coefficient (Wildman–Crippen LogP) is 2.30. The Hall–Kier alpha value is -3.55. The van der Waals surface area contributed by atoms with Crippen LogP contribution in [0.4, 0.5) is 10.3 Å². The highest BCUT2D eigenvalue weighted by Gasteiger charge is 2.21. The van der Waals surface area contributed by atoms with Crippen LogP contribution in [0.15, 0.2) is 49.1 Å². The highest BCUT2D eigenvalue weighted by atomic mass is 19.1. The second-order valence-corrected chi connectivity index (χ2v) is 6.67. The van der Waals surface area contributed by atoms with Gasteiger partial charge in [-0.25, -0.2) is 13.9 Å². The summed E-state index contributed by atoms with van der Waals surface area (Å²) in [7, 11) is 1.97. The van der Waals surface area contributed by atoms with Crippen molar-refractivity contribution in [3.63, 3.8) is 0 Å². The summed E-state index contributed by atoms with van der Waals surface area (Å²) in [5, 5.41) is 11.5. The quantitative estimate of drug-likeness (QED) is 0.553. The maximum atomic E-state index is 14.4. The fourth-order valence-corrected chi connectivity index (χ4v) is 3.61. The molecule has 1 N–H and O–H groups in total. The number of anilines is 1. The molecule has 0 amide bonds. The van der Waals surface area contributed by atoms with Crippen molar-refractivity contribution in [1.29, 1.82) is 0 Å². The zero-order chi connectivity index (χ0) is 19.1. The summed E-state index contributed by atoms with van der Waals surface area (Å²) in [5.74, 6) is 1.07. The fourth-order valence-electron chi connectivity index (χ4n) is 3.61. The molecule has 0 aliphatic carbocycles. The summed E-state index contributed by atoms with van der Waals surface area (Å²) in [4.78, 5) is 4.54. The maximum Gasteiger partial charge on any atom is 0.217 e. The molecule has 0 fully saturated rings. The first-order valence-corrected chi connectivity index (χ1v) is 9.03. The Kier molecular flexibility index (Phi) is 3.89. The first kappa shape index (κ1) is 16.6. The van der Waals surface area contributed by atoms with Crippen LogP contribution in [0.5, 0.6) is 5.75 Å². The van der Waals surface area contributed by atoms with E-state index in [9.17, 15) is 4.39 Å². The van der Waals surface area contributed by atoms with Crippen LogP contribution in [-0.2, 0) is 20.0 Å². The molecule has 5 rings (SSSR count). The van der Waals surface area contributed by atoms with Gasteiger partial charge in [0.2, 0.25) is 11.6 Å². The van der Waals surface area contributed by atoms with Gasteiger partial charge in [-0.1, -0.05) is 0 Å². The Labute approximate surface area is 160 Å². The van der Waals surface area contributed by atoms with Crippen molar-refractivity contribution >= 4 is 11.6 Å². The van der Waals surface area contributed by atoms with Crippen molar-refractivity contribution in [2.45, 2.75) is 13.0 Å². The molecule has 0 radical (unpaired) electrons. The van der Waals surface area contributed by atoms with Gasteiger partial charge < -0.3 is 10.1 Å². The Morgan fingerprint density at radius 2 is 2.21 bits per heavy atom. The van der Waals surface area contributed by atoms with Crippen molar-refractivity contribution in [2.75, 3.05) is 11.9 Å². The molecule has 1 aliphatic heterocycles. The zero-order valence-electron chi connectivity index (χ0n) is 15.3. The van der Waals surface area contributed by atoms with E-state index in [1.165, 1.54) is 6.07 Å². The molecule has 0 spiro atoms. The number of aryl methyl sites for hydroxylation is 1. The Morgan fingerprint density at radius 3 is 3.11 bits per heavy atom. The predicted molar refractivity (Wildman–Crippen MR) is 100 cm³/mol. The van der Waals surface area contributed by atoms with Gasteiger partial charge >= 0.3 is 0 Å². The lowest BCUT2D eigenvalue weighted by Gasteiger charge is -2.12. The normalized spacial score (nSPS) is 12.8. The number of hydrogen-bond donors (Lipinski definition) is 1. The molecule has 3 aromatic heterocycles. The van der Waals surface area contributed by atoms with Gasteiger partial charge in [0.15, 0.2) is 11.8 Å². The van der Waals surface area contributed by atoms with Gasteiger partial charge in [0.1, 0.15) is 30.5 Å². The minimum atomic E-state index is -0.246. The standard InChI is InChI=1S/C20H17FN6O/c1-26-8-3-2-4-17(26)15-11-23-20(27-12-24-25-19(15)27)22-10-14-13-7-9-28-18(13)6-5-16(14)21/h2-6,8,11-12H,7,9-10H2,1H3/p+1. The van der Waals surface area contributed by atoms with Gasteiger partial charge in [-0.05, 0) is 18.2 Å². The molecule has 0 unspecified atom stereocenters. The molecule has 8 heteroatoms. The zero-order valence-corrected chi connectivity index (χ0v) is 15.3. The highest BCUT2D eigenvalue weighted by molar-refractivity contribution is 5.73. The molecule has 0 bridgehead atoms. The van der Waals surface area contributed by atoms with E-state index < -0.39 is 0 Å². The molecule has 0 saturated heterocycles. The van der Waals surface area contributed by atoms with Gasteiger partial charge in [-0.15, -0.1) is 10.2 Å². The van der Waals surface area contributed by atoms with E-state index in [2.05, 4.69) is 20.5 Å². The summed E-state index contributed by atoms with van der Waals surface area (Å²) < 4.78 is 23.7. The van der Waals surface area contributed by atoms with Gasteiger partial charge in [-0.2, -0.15) is 0 Å². The number of pyridine rings is 1. The third kappa shape index (κ3) is 2.65. The van der Waals surface area contributed by atoms with Crippen molar-refractivity contribution in [3.8, 4) is 17.0 Å². The molecule has 1 aromatic carbocycles. The average molecular weight is 377 g/mol. The SMILES string of the molecule is C[n+]1ccccc1-c1cnc(NCc2c(F)ccc3c2CCO3)n2cnnc12. The minimum absolute atomic E-state index is 0.246. The van der Waals surface area contributed by atoms with Gasteiger partial charge in [0.05, 0.1) is 6.61 Å². The number of ether oxygens (including phenoxy) is 1. The van der Waals surface area contributed by atoms with Crippen LogP contribution in [0.3, 0.4) is 0 Å². The van der Waals surface area contributed by atoms with Crippen LogP contribution in [0.2, 0.25) is 0 Å². The van der Waals surface area contributed by atoms with Crippen LogP contribution < -0.4 is 14.6 Å². The molecule has 140 valence electrons. The van der Waals surface area contributed by atoms with Crippen LogP contribution in [0, 0.1) is 5.82 Å². The van der Waals surface area contributed by atoms with Gasteiger partial charge in [-0.3, -0.25) is 4.40 Å². The second kappa shape index (κ2) is 6.56. The van der Waals surface area contributed by atoms with E-state index in [1.807, 2.05) is 36.0 Å². The molecular formula is C20H18FN6O+. The summed E-state index contributed by atoms with van der Waals surface area (Å²) in [5.41, 5.74) is 4.05. The van der Waals surface area contributed by atoms with E-state index >= 15 is 0 Å². The molecule has 7 nitrogen and oxygen atoms in total. The number of halogens is 1. The summed E-state index contributed by atoms with van der Waals surface area (Å²) >= 11 is 0. The largest absolute Gasteiger partial charge is 0.493 e. The van der Waals surface area contributed by atoms with Crippen molar-refractivity contribution in [3.05, 3.63) is 66.0 Å². The van der Waals surface area contributed by atoms with E-state index in [4.69, 9.17) is 4.74 Å². The molecular weight excluding hydrogens is 359 g/mol. The molecule has 4 aromatic rings. The van der Waals surface area contributed by atoms with Gasteiger partial charge in [0, 0.05) is 42.4 Å². The smallest absolute Gasteiger partial charge is 0.217 e. The first-order valence-electron chi connectivity index (χ1n) is 9.03. The molecule has 0 atom stereocenters. The third-order valence-electron chi connectivity index (χ3n) is 5.03. The van der Waals surface area contributed by atoms with Crippen LogP contribution >= 0.6 is 0 Å². The lowest BCUT2D eigenvalue weighted by molar-refractivity contribution is -0.660. The van der Waals surface area contributed by atoms with E-state index in [0.717, 1.165) is 22.6 Å². The highest BCUT2D eigenvalue weighted by Crippen LogP contribution is 2.30. The molecule has 1 aliphatic rings. The molecule has 0 saturated carbocycles. The number of hydrogen-bond acceptors (Lipinski definition) is 5. The Morgan fingerprint density at radius 1 is 1.29 bits per heavy atom. The first-order chi connectivity index (χ1) is 13.7. The number of nitrogens with one attached hydrogen (secondary N) is 1. The monoisotopic (exact) mass is 377 g/mol. The lowest BCUT2D eigenvalue weighted by atomic mass is 10.0. The maximum absolute atomic E-state index is 14.4. The molecule has 4 heterocycles. The topological polar surface area (TPSA) is 68.2 Å². The number of rotatable bonds is 4. The van der Waals surface area contributed by atoms with Crippen molar-refractivity contribution < 1.29 is 13.7 Å². The van der Waals surface area contributed by atoms with E-state index in [0.29, 0.717) is 36.7 Å². The average Bonchev–Trinajstić information content (AvgIpc) is 3.37. The second-order valence-electron chi connectivity index (χ2n) is 6.67.